The second-order valence-corrected chi connectivity index (χ2v) is 5.21. The molecule has 1 aliphatic heterocycles. The topological polar surface area (TPSA) is 21.3 Å². The highest BCUT2D eigenvalue weighted by Gasteiger charge is 2.14. The monoisotopic (exact) mass is 225 g/mol. The highest BCUT2D eigenvalue weighted by atomic mass is 32.1. The van der Waals surface area contributed by atoms with Crippen LogP contribution >= 0.6 is 11.3 Å². The first-order valence-corrected chi connectivity index (χ1v) is 6.55. The quantitative estimate of drug-likeness (QED) is 0.776. The molecule has 1 aliphatic rings. The van der Waals surface area contributed by atoms with Crippen molar-refractivity contribution in [1.82, 2.24) is 5.32 Å². The average Bonchev–Trinajstić information content (AvgIpc) is 2.85. The lowest BCUT2D eigenvalue weighted by Gasteiger charge is -2.08. The second kappa shape index (κ2) is 5.64. The van der Waals surface area contributed by atoms with Crippen molar-refractivity contribution >= 4 is 11.3 Å². The standard InChI is InChI=1S/C12H19NOS/c1-10-4-7-15-12(10)2-5-13-8-11-3-6-14-9-11/h4,7,11,13H,2-3,5-6,8-9H2,1H3. The first-order chi connectivity index (χ1) is 7.36. The van der Waals surface area contributed by atoms with E-state index >= 15 is 0 Å². The summed E-state index contributed by atoms with van der Waals surface area (Å²) in [5.74, 6) is 0.745. The van der Waals surface area contributed by atoms with E-state index in [9.17, 15) is 0 Å². The molecule has 84 valence electrons. The largest absolute Gasteiger partial charge is 0.381 e. The number of thiophene rings is 1. The summed E-state index contributed by atoms with van der Waals surface area (Å²) < 4.78 is 5.34. The van der Waals surface area contributed by atoms with Gasteiger partial charge in [0.1, 0.15) is 0 Å². The number of aryl methyl sites for hydroxylation is 1. The van der Waals surface area contributed by atoms with Gasteiger partial charge in [-0.05, 0) is 49.2 Å². The molecule has 1 aromatic heterocycles. The van der Waals surface area contributed by atoms with Gasteiger partial charge in [0.05, 0.1) is 6.61 Å². The zero-order valence-electron chi connectivity index (χ0n) is 9.29. The Bertz CT molecular complexity index is 292. The Morgan fingerprint density at radius 1 is 1.60 bits per heavy atom. The summed E-state index contributed by atoms with van der Waals surface area (Å²) in [6.07, 6.45) is 2.39. The Morgan fingerprint density at radius 2 is 2.53 bits per heavy atom. The molecular weight excluding hydrogens is 206 g/mol. The third-order valence-electron chi connectivity index (χ3n) is 2.95. The van der Waals surface area contributed by atoms with Crippen LogP contribution in [0.2, 0.25) is 0 Å². The maximum Gasteiger partial charge on any atom is 0.0507 e. The molecule has 2 nitrogen and oxygen atoms in total. The van der Waals surface area contributed by atoms with Gasteiger partial charge in [-0.2, -0.15) is 0 Å². The third-order valence-corrected chi connectivity index (χ3v) is 4.04. The first-order valence-electron chi connectivity index (χ1n) is 5.67. The number of hydrogen-bond donors (Lipinski definition) is 1. The van der Waals surface area contributed by atoms with Gasteiger partial charge >= 0.3 is 0 Å². The fraction of sp³-hybridized carbons (Fsp3) is 0.667. The molecule has 0 saturated carbocycles. The molecule has 0 radical (unpaired) electrons. The average molecular weight is 225 g/mol. The molecule has 0 bridgehead atoms. The molecule has 1 atom stereocenters. The molecule has 0 spiro atoms. The molecule has 1 fully saturated rings. The Labute approximate surface area is 95.6 Å². The van der Waals surface area contributed by atoms with Crippen LogP contribution in [0.5, 0.6) is 0 Å². The molecule has 0 aromatic carbocycles. The van der Waals surface area contributed by atoms with Crippen LogP contribution in [0.1, 0.15) is 16.9 Å². The van der Waals surface area contributed by atoms with E-state index in [2.05, 4.69) is 23.7 Å². The van der Waals surface area contributed by atoms with Crippen LogP contribution in [0, 0.1) is 12.8 Å². The first kappa shape index (κ1) is 11.1. The Hall–Kier alpha value is -0.380. The summed E-state index contributed by atoms with van der Waals surface area (Å²) in [7, 11) is 0. The summed E-state index contributed by atoms with van der Waals surface area (Å²) in [4.78, 5) is 1.52. The van der Waals surface area contributed by atoms with Gasteiger partial charge in [-0.3, -0.25) is 0 Å². The van der Waals surface area contributed by atoms with E-state index in [0.717, 1.165) is 38.6 Å². The highest BCUT2D eigenvalue weighted by Crippen LogP contribution is 2.15. The predicted molar refractivity (Wildman–Crippen MR) is 64.6 cm³/mol. The minimum atomic E-state index is 0.745. The summed E-state index contributed by atoms with van der Waals surface area (Å²) in [6.45, 7) is 6.31. The van der Waals surface area contributed by atoms with Gasteiger partial charge in [0.15, 0.2) is 0 Å². The lowest BCUT2D eigenvalue weighted by atomic mass is 10.1. The van der Waals surface area contributed by atoms with Crippen LogP contribution in [0.4, 0.5) is 0 Å². The minimum absolute atomic E-state index is 0.745. The summed E-state index contributed by atoms with van der Waals surface area (Å²) in [6, 6.07) is 2.20. The van der Waals surface area contributed by atoms with Gasteiger partial charge in [0.2, 0.25) is 0 Å². The van der Waals surface area contributed by atoms with Crippen molar-refractivity contribution < 1.29 is 4.74 Å². The van der Waals surface area contributed by atoms with Gasteiger partial charge in [-0.25, -0.2) is 0 Å². The van der Waals surface area contributed by atoms with Crippen LogP contribution in [0.3, 0.4) is 0 Å². The highest BCUT2D eigenvalue weighted by molar-refractivity contribution is 7.10. The van der Waals surface area contributed by atoms with Gasteiger partial charge in [0.25, 0.3) is 0 Å². The Morgan fingerprint density at radius 3 is 3.20 bits per heavy atom. The minimum Gasteiger partial charge on any atom is -0.381 e. The zero-order valence-corrected chi connectivity index (χ0v) is 10.1. The molecular formula is C12H19NOS. The van der Waals surface area contributed by atoms with Gasteiger partial charge in [-0.1, -0.05) is 0 Å². The van der Waals surface area contributed by atoms with E-state index in [1.165, 1.54) is 16.9 Å². The number of ether oxygens (including phenoxy) is 1. The van der Waals surface area contributed by atoms with Gasteiger partial charge in [-0.15, -0.1) is 11.3 Å². The molecule has 0 aliphatic carbocycles. The Kier molecular flexibility index (Phi) is 4.18. The Balaban J connectivity index is 1.60. The van der Waals surface area contributed by atoms with Crippen LogP contribution < -0.4 is 5.32 Å². The summed E-state index contributed by atoms with van der Waals surface area (Å²) in [5, 5.41) is 5.70. The fourth-order valence-corrected chi connectivity index (χ4v) is 2.82. The molecule has 1 unspecified atom stereocenters. The van der Waals surface area contributed by atoms with Crippen LogP contribution in [-0.2, 0) is 11.2 Å². The summed E-state index contributed by atoms with van der Waals surface area (Å²) >= 11 is 1.87. The van der Waals surface area contributed by atoms with Crippen LogP contribution in [0.15, 0.2) is 11.4 Å². The van der Waals surface area contributed by atoms with E-state index in [4.69, 9.17) is 4.74 Å². The molecule has 3 heteroatoms. The third kappa shape index (κ3) is 3.30. The van der Waals surface area contributed by atoms with Crippen molar-refractivity contribution in [3.63, 3.8) is 0 Å². The maximum atomic E-state index is 5.34. The van der Waals surface area contributed by atoms with E-state index in [-0.39, 0.29) is 0 Å². The van der Waals surface area contributed by atoms with Crippen molar-refractivity contribution in [2.75, 3.05) is 26.3 Å². The van der Waals surface area contributed by atoms with Crippen LogP contribution in [0.25, 0.3) is 0 Å². The lowest BCUT2D eigenvalue weighted by Crippen LogP contribution is -2.25. The number of rotatable bonds is 5. The van der Waals surface area contributed by atoms with Gasteiger partial charge in [0, 0.05) is 18.0 Å². The molecule has 2 rings (SSSR count). The molecule has 15 heavy (non-hydrogen) atoms. The van der Waals surface area contributed by atoms with Gasteiger partial charge < -0.3 is 10.1 Å². The lowest BCUT2D eigenvalue weighted by molar-refractivity contribution is 0.185. The van der Waals surface area contributed by atoms with Crippen molar-refractivity contribution in [2.24, 2.45) is 5.92 Å². The van der Waals surface area contributed by atoms with E-state index in [1.54, 1.807) is 0 Å². The van der Waals surface area contributed by atoms with Crippen molar-refractivity contribution in [1.29, 1.82) is 0 Å². The summed E-state index contributed by atoms with van der Waals surface area (Å²) in [5.41, 5.74) is 1.44. The van der Waals surface area contributed by atoms with Crippen molar-refractivity contribution in [2.45, 2.75) is 19.8 Å². The number of hydrogen-bond acceptors (Lipinski definition) is 3. The van der Waals surface area contributed by atoms with E-state index in [1.807, 2.05) is 11.3 Å². The molecule has 1 N–H and O–H groups in total. The van der Waals surface area contributed by atoms with E-state index < -0.39 is 0 Å². The zero-order chi connectivity index (χ0) is 10.5. The van der Waals surface area contributed by atoms with Crippen LogP contribution in [-0.4, -0.2) is 26.3 Å². The molecule has 1 aromatic rings. The maximum absolute atomic E-state index is 5.34. The second-order valence-electron chi connectivity index (χ2n) is 4.21. The molecule has 0 amide bonds. The molecule has 2 heterocycles. The fourth-order valence-electron chi connectivity index (χ4n) is 1.91. The smallest absolute Gasteiger partial charge is 0.0507 e. The SMILES string of the molecule is Cc1ccsc1CCNCC1CCOC1. The predicted octanol–water partition coefficient (Wildman–Crippen LogP) is 2.23. The van der Waals surface area contributed by atoms with Crippen molar-refractivity contribution in [3.8, 4) is 0 Å². The normalized spacial score (nSPS) is 21.0. The molecule has 1 saturated heterocycles. The number of nitrogens with one attached hydrogen (secondary N) is 1. The van der Waals surface area contributed by atoms with E-state index in [0.29, 0.717) is 0 Å². The van der Waals surface area contributed by atoms with Crippen molar-refractivity contribution in [3.05, 3.63) is 21.9 Å².